The highest BCUT2D eigenvalue weighted by molar-refractivity contribution is 5.90. The van der Waals surface area contributed by atoms with Crippen molar-refractivity contribution in [2.45, 2.75) is 163 Å². The van der Waals surface area contributed by atoms with Crippen LogP contribution >= 0.6 is 0 Å². The van der Waals surface area contributed by atoms with Gasteiger partial charge in [0.15, 0.2) is 0 Å². The minimum Gasteiger partial charge on any atom is -0.368 e. The van der Waals surface area contributed by atoms with Gasteiger partial charge in [0.2, 0.25) is 5.95 Å². The summed E-state index contributed by atoms with van der Waals surface area (Å²) in [5, 5.41) is 8.93. The van der Waals surface area contributed by atoms with Gasteiger partial charge in [0.25, 0.3) is 0 Å². The molecule has 2 aromatic carbocycles. The number of hydrogen-bond donors (Lipinski definition) is 2. The Bertz CT molecular complexity index is 1330. The van der Waals surface area contributed by atoms with Crippen LogP contribution in [0.1, 0.15) is 154 Å². The number of nitrogens with zero attached hydrogens (tertiary/aromatic N) is 3. The lowest BCUT2D eigenvalue weighted by molar-refractivity contribution is 0.198. The Kier molecular flexibility index (Phi) is 25.3. The number of aryl methyl sites for hydroxylation is 2. The second-order valence-electron chi connectivity index (χ2n) is 13.9. The van der Waals surface area contributed by atoms with Crippen molar-refractivity contribution in [2.75, 3.05) is 29.9 Å². The molecule has 2 N–H and O–H groups in total. The summed E-state index contributed by atoms with van der Waals surface area (Å²) in [5.41, 5.74) is 5.09. The Labute approximate surface area is 314 Å². The van der Waals surface area contributed by atoms with Crippen LogP contribution in [0, 0.1) is 26.7 Å². The van der Waals surface area contributed by atoms with E-state index in [1.54, 1.807) is 0 Å². The average molecular weight is 698 g/mol. The summed E-state index contributed by atoms with van der Waals surface area (Å²) in [7, 11) is 0. The molecule has 3 aromatic rings. The third kappa shape index (κ3) is 16.7. The fourth-order valence-corrected chi connectivity index (χ4v) is 6.79. The van der Waals surface area contributed by atoms with Crippen molar-refractivity contribution >= 4 is 22.7 Å². The largest absolute Gasteiger partial charge is 0.368 e. The molecule has 5 nitrogen and oxygen atoms in total. The molecule has 0 atom stereocenters. The van der Waals surface area contributed by atoms with E-state index in [4.69, 9.17) is 9.97 Å². The van der Waals surface area contributed by atoms with Crippen LogP contribution in [0.3, 0.4) is 0 Å². The maximum absolute atomic E-state index is 5.20. The number of aromatic nitrogens is 2. The first kappa shape index (κ1) is 45.7. The maximum Gasteiger partial charge on any atom is 0.228 e. The number of hydrogen-bond acceptors (Lipinski definition) is 5. The molecule has 51 heavy (non-hydrogen) atoms. The van der Waals surface area contributed by atoms with Gasteiger partial charge in [0, 0.05) is 30.6 Å². The van der Waals surface area contributed by atoms with Gasteiger partial charge in [0.05, 0.1) is 5.52 Å². The summed E-state index contributed by atoms with van der Waals surface area (Å²) in [5.74, 6) is 1.79. The van der Waals surface area contributed by atoms with Crippen molar-refractivity contribution in [3.8, 4) is 12.8 Å². The highest BCUT2D eigenvalue weighted by Crippen LogP contribution is 2.33. The first-order valence-corrected chi connectivity index (χ1v) is 20.4. The topological polar surface area (TPSA) is 53.1 Å². The van der Waals surface area contributed by atoms with Gasteiger partial charge in [-0.3, -0.25) is 0 Å². The predicted octanol–water partition coefficient (Wildman–Crippen LogP) is 12.8. The smallest absolute Gasteiger partial charge is 0.228 e. The Balaban J connectivity index is 0.00000206. The normalized spacial score (nSPS) is 12.6. The fraction of sp³-hybridized carbons (Fsp3) is 0.609. The van der Waals surface area contributed by atoms with E-state index in [1.807, 2.05) is 13.8 Å². The number of benzene rings is 2. The lowest BCUT2D eigenvalue weighted by Gasteiger charge is -2.43. The molecule has 0 spiro atoms. The van der Waals surface area contributed by atoms with Crippen molar-refractivity contribution in [1.29, 1.82) is 0 Å². The van der Waals surface area contributed by atoms with Gasteiger partial charge in [0.1, 0.15) is 5.82 Å². The van der Waals surface area contributed by atoms with Crippen LogP contribution in [-0.2, 0) is 6.54 Å². The van der Waals surface area contributed by atoms with Gasteiger partial charge in [-0.2, -0.15) is 4.98 Å². The fourth-order valence-electron chi connectivity index (χ4n) is 6.79. The standard InChI is InChI=1S/C40H63N5.C2H6.C2H4.C2H2/c1-5-7-8-9-10-11-12-13-14-15-16-17-20-28-42-40(26-21-27-40)32-41-38-36-30-33(3)24-25-37(36)43-39(44-38)45(29-6-2)31-35-23-19-18-22-34(35)4;3*1-2/h18-19,22-25,30,42H,5-17,20-21,26-29,31-32H2,1-4H3,(H,41,43,44);1-2H3;1-2H2;1-2H. The molecule has 1 aliphatic rings. The van der Waals surface area contributed by atoms with E-state index in [-0.39, 0.29) is 5.54 Å². The van der Waals surface area contributed by atoms with Gasteiger partial charge in [-0.15, -0.1) is 26.0 Å². The van der Waals surface area contributed by atoms with E-state index < -0.39 is 0 Å². The van der Waals surface area contributed by atoms with Gasteiger partial charge in [-0.1, -0.05) is 141 Å². The first-order chi connectivity index (χ1) is 25.0. The Morgan fingerprint density at radius 3 is 1.90 bits per heavy atom. The number of fused-ring (bicyclic) bond motifs is 1. The van der Waals surface area contributed by atoms with Gasteiger partial charge in [-0.05, 0) is 75.8 Å². The molecule has 0 unspecified atom stereocenters. The van der Waals surface area contributed by atoms with Gasteiger partial charge >= 0.3 is 0 Å². The summed E-state index contributed by atoms with van der Waals surface area (Å²) in [4.78, 5) is 12.6. The number of anilines is 2. The van der Waals surface area contributed by atoms with Gasteiger partial charge < -0.3 is 15.5 Å². The third-order valence-electron chi connectivity index (χ3n) is 9.92. The monoisotopic (exact) mass is 698 g/mol. The van der Waals surface area contributed by atoms with Crippen LogP contribution in [0.25, 0.3) is 10.9 Å². The summed E-state index contributed by atoms with van der Waals surface area (Å²) in [6.07, 6.45) is 31.1. The maximum atomic E-state index is 5.20. The van der Waals surface area contributed by atoms with E-state index in [2.05, 4.69) is 112 Å². The lowest BCUT2D eigenvalue weighted by Crippen LogP contribution is -2.56. The molecule has 0 amide bonds. The molecule has 0 aliphatic heterocycles. The first-order valence-electron chi connectivity index (χ1n) is 20.4. The molecule has 1 saturated carbocycles. The van der Waals surface area contributed by atoms with Crippen LogP contribution in [0.15, 0.2) is 55.6 Å². The number of nitrogens with one attached hydrogen (secondary N) is 2. The molecular weight excluding hydrogens is 623 g/mol. The predicted molar refractivity (Wildman–Crippen MR) is 228 cm³/mol. The van der Waals surface area contributed by atoms with E-state index >= 15 is 0 Å². The summed E-state index contributed by atoms with van der Waals surface area (Å²) in [6, 6.07) is 15.2. The van der Waals surface area contributed by atoms with E-state index in [0.717, 1.165) is 55.3 Å². The van der Waals surface area contributed by atoms with Crippen LogP contribution in [-0.4, -0.2) is 35.1 Å². The summed E-state index contributed by atoms with van der Waals surface area (Å²) < 4.78 is 0. The number of rotatable bonds is 23. The Morgan fingerprint density at radius 1 is 0.765 bits per heavy atom. The number of unbranched alkanes of at least 4 members (excludes halogenated alkanes) is 12. The molecule has 1 heterocycles. The van der Waals surface area contributed by atoms with Crippen molar-refractivity contribution in [3.05, 3.63) is 72.3 Å². The van der Waals surface area contributed by atoms with Crippen molar-refractivity contribution < 1.29 is 0 Å². The third-order valence-corrected chi connectivity index (χ3v) is 9.92. The molecule has 5 heteroatoms. The van der Waals surface area contributed by atoms with Crippen molar-refractivity contribution in [1.82, 2.24) is 15.3 Å². The van der Waals surface area contributed by atoms with E-state index in [1.165, 1.54) is 119 Å². The molecule has 284 valence electrons. The highest BCUT2D eigenvalue weighted by Gasteiger charge is 2.36. The van der Waals surface area contributed by atoms with Crippen molar-refractivity contribution in [3.63, 3.8) is 0 Å². The van der Waals surface area contributed by atoms with Crippen LogP contribution in [0.4, 0.5) is 11.8 Å². The minimum atomic E-state index is 0.183. The zero-order valence-electron chi connectivity index (χ0n) is 33.8. The molecule has 4 rings (SSSR count). The zero-order chi connectivity index (χ0) is 37.7. The van der Waals surface area contributed by atoms with E-state index in [0.29, 0.717) is 0 Å². The van der Waals surface area contributed by atoms with Crippen LogP contribution < -0.4 is 15.5 Å². The minimum absolute atomic E-state index is 0.183. The molecule has 1 fully saturated rings. The molecular formula is C46H75N5. The Hall–Kier alpha value is -3.36. The van der Waals surface area contributed by atoms with Crippen LogP contribution in [0.2, 0.25) is 0 Å². The van der Waals surface area contributed by atoms with Crippen molar-refractivity contribution in [2.24, 2.45) is 0 Å². The summed E-state index contributed by atoms with van der Waals surface area (Å²) in [6.45, 7) is 22.7. The Morgan fingerprint density at radius 2 is 1.35 bits per heavy atom. The second-order valence-corrected chi connectivity index (χ2v) is 13.9. The highest BCUT2D eigenvalue weighted by atomic mass is 15.3. The van der Waals surface area contributed by atoms with Crippen LogP contribution in [0.5, 0.6) is 0 Å². The molecule has 0 saturated heterocycles. The second kappa shape index (κ2) is 28.3. The molecule has 1 aliphatic carbocycles. The number of terminal acetylenes is 1. The molecule has 0 radical (unpaired) electrons. The lowest BCUT2D eigenvalue weighted by atomic mass is 9.76. The quantitative estimate of drug-likeness (QED) is 0.0587. The molecule has 0 bridgehead atoms. The average Bonchev–Trinajstić information content (AvgIpc) is 3.15. The zero-order valence-corrected chi connectivity index (χ0v) is 33.8. The molecule has 1 aromatic heterocycles. The summed E-state index contributed by atoms with van der Waals surface area (Å²) >= 11 is 0. The van der Waals surface area contributed by atoms with E-state index in [9.17, 15) is 0 Å². The SMILES string of the molecule is C#C.C=C.CC.CCCCCCCCCCCCCCCNC1(CNc2nc(N(CCC)Cc3ccccc3C)nc3ccc(C)cc23)CCC1. The van der Waals surface area contributed by atoms with Gasteiger partial charge in [-0.25, -0.2) is 4.98 Å².